The van der Waals surface area contributed by atoms with Gasteiger partial charge in [0.1, 0.15) is 11.7 Å². The van der Waals surface area contributed by atoms with Gasteiger partial charge in [0.2, 0.25) is 0 Å². The summed E-state index contributed by atoms with van der Waals surface area (Å²) in [4.78, 5) is 2.07. The van der Waals surface area contributed by atoms with E-state index in [0.29, 0.717) is 18.7 Å². The van der Waals surface area contributed by atoms with E-state index in [0.717, 1.165) is 5.56 Å². The summed E-state index contributed by atoms with van der Waals surface area (Å²) in [6, 6.07) is 4.59. The van der Waals surface area contributed by atoms with Crippen molar-refractivity contribution in [2.75, 3.05) is 20.8 Å². The van der Waals surface area contributed by atoms with E-state index < -0.39 is 0 Å². The largest absolute Gasteiger partial charge is 0.384 e. The molecule has 0 fully saturated rings. The van der Waals surface area contributed by atoms with Crippen molar-refractivity contribution in [2.24, 2.45) is 5.73 Å². The zero-order chi connectivity index (χ0) is 13.7. The molecule has 1 aromatic rings. The van der Waals surface area contributed by atoms with E-state index in [1.165, 1.54) is 12.1 Å². The zero-order valence-electron chi connectivity index (χ0n) is 11.0. The summed E-state index contributed by atoms with van der Waals surface area (Å²) >= 11 is 0. The van der Waals surface area contributed by atoms with Crippen molar-refractivity contribution < 1.29 is 9.13 Å². The topological polar surface area (TPSA) is 62.3 Å². The van der Waals surface area contributed by atoms with Gasteiger partial charge in [-0.2, -0.15) is 0 Å². The van der Waals surface area contributed by atoms with E-state index in [2.05, 4.69) is 4.90 Å². The molecule has 0 saturated heterocycles. The summed E-state index contributed by atoms with van der Waals surface area (Å²) in [5, 5.41) is 7.47. The minimum Gasteiger partial charge on any atom is -0.384 e. The van der Waals surface area contributed by atoms with Gasteiger partial charge in [-0.05, 0) is 31.7 Å². The molecule has 1 aromatic carbocycles. The van der Waals surface area contributed by atoms with Crippen molar-refractivity contribution in [3.8, 4) is 0 Å². The van der Waals surface area contributed by atoms with Gasteiger partial charge in [-0.15, -0.1) is 0 Å². The zero-order valence-corrected chi connectivity index (χ0v) is 11.0. The maximum absolute atomic E-state index is 13.1. The van der Waals surface area contributed by atoms with Crippen LogP contribution in [0.15, 0.2) is 18.2 Å². The minimum atomic E-state index is -0.378. The second-order valence-corrected chi connectivity index (χ2v) is 4.43. The molecule has 0 aromatic heterocycles. The van der Waals surface area contributed by atoms with Crippen LogP contribution in [0.2, 0.25) is 0 Å². The van der Waals surface area contributed by atoms with Crippen molar-refractivity contribution in [1.82, 2.24) is 4.90 Å². The Bertz CT molecular complexity index is 423. The Kier molecular flexibility index (Phi) is 5.25. The molecule has 18 heavy (non-hydrogen) atoms. The first-order valence-corrected chi connectivity index (χ1v) is 5.77. The molecule has 1 atom stereocenters. The molecule has 0 heterocycles. The molecule has 4 nitrogen and oxygen atoms in total. The fraction of sp³-hybridized carbons (Fsp3) is 0.462. The fourth-order valence-electron chi connectivity index (χ4n) is 1.73. The van der Waals surface area contributed by atoms with Crippen LogP contribution >= 0.6 is 0 Å². The number of nitrogens with one attached hydrogen (secondary N) is 1. The first-order chi connectivity index (χ1) is 8.45. The van der Waals surface area contributed by atoms with Crippen molar-refractivity contribution in [3.05, 3.63) is 35.1 Å². The molecule has 100 valence electrons. The molecule has 0 radical (unpaired) electrons. The Morgan fingerprint density at radius 2 is 2.22 bits per heavy atom. The molecular weight excluding hydrogens is 233 g/mol. The molecule has 0 aliphatic rings. The first-order valence-electron chi connectivity index (χ1n) is 5.77. The van der Waals surface area contributed by atoms with E-state index in [4.69, 9.17) is 15.9 Å². The highest BCUT2D eigenvalue weighted by Crippen LogP contribution is 2.14. The number of ether oxygens (including phenoxy) is 1. The van der Waals surface area contributed by atoms with Crippen LogP contribution in [0.1, 0.15) is 18.1 Å². The normalized spacial score (nSPS) is 12.7. The lowest BCUT2D eigenvalue weighted by atomic mass is 10.1. The number of hydrogen-bond donors (Lipinski definition) is 2. The number of hydrogen-bond acceptors (Lipinski definition) is 3. The number of amidine groups is 1. The van der Waals surface area contributed by atoms with Crippen LogP contribution in [0.25, 0.3) is 0 Å². The van der Waals surface area contributed by atoms with E-state index in [9.17, 15) is 4.39 Å². The fourth-order valence-corrected chi connectivity index (χ4v) is 1.73. The van der Waals surface area contributed by atoms with Gasteiger partial charge in [-0.3, -0.25) is 10.3 Å². The molecule has 1 rings (SSSR count). The monoisotopic (exact) mass is 253 g/mol. The average Bonchev–Trinajstić information content (AvgIpc) is 2.31. The molecule has 0 saturated carbocycles. The first kappa shape index (κ1) is 14.6. The predicted molar refractivity (Wildman–Crippen MR) is 70.2 cm³/mol. The SMILES string of the molecule is COCC(C)N(C)Cc1ccc(F)cc1C(=N)N. The maximum Gasteiger partial charge on any atom is 0.123 e. The second-order valence-electron chi connectivity index (χ2n) is 4.43. The molecule has 3 N–H and O–H groups in total. The highest BCUT2D eigenvalue weighted by atomic mass is 19.1. The lowest BCUT2D eigenvalue weighted by molar-refractivity contribution is 0.112. The molecule has 0 spiro atoms. The number of nitrogens with two attached hydrogens (primary N) is 1. The van der Waals surface area contributed by atoms with Crippen molar-refractivity contribution in [1.29, 1.82) is 5.41 Å². The average molecular weight is 253 g/mol. The summed E-state index contributed by atoms with van der Waals surface area (Å²) in [5.41, 5.74) is 6.76. The second kappa shape index (κ2) is 6.47. The van der Waals surface area contributed by atoms with Crippen LogP contribution in [0.3, 0.4) is 0 Å². The third-order valence-corrected chi connectivity index (χ3v) is 2.94. The molecule has 0 bridgehead atoms. The molecule has 1 unspecified atom stereocenters. The summed E-state index contributed by atoms with van der Waals surface area (Å²) in [6.45, 7) is 3.26. The molecule has 0 aliphatic heterocycles. The third-order valence-electron chi connectivity index (χ3n) is 2.94. The number of likely N-dealkylation sites (N-methyl/N-ethyl adjacent to an activating group) is 1. The number of halogens is 1. The number of benzene rings is 1. The molecule has 0 aliphatic carbocycles. The van der Waals surface area contributed by atoms with Crippen molar-refractivity contribution in [2.45, 2.75) is 19.5 Å². The van der Waals surface area contributed by atoms with Crippen LogP contribution in [-0.4, -0.2) is 37.5 Å². The standard InChI is InChI=1S/C13H20FN3O/c1-9(8-18-3)17(2)7-10-4-5-11(14)6-12(10)13(15)16/h4-6,9H,7-8H2,1-3H3,(H3,15,16). The van der Waals surface area contributed by atoms with Crippen LogP contribution < -0.4 is 5.73 Å². The van der Waals surface area contributed by atoms with E-state index in [1.807, 2.05) is 14.0 Å². The van der Waals surface area contributed by atoms with Gasteiger partial charge in [-0.1, -0.05) is 6.07 Å². The lowest BCUT2D eigenvalue weighted by Gasteiger charge is -2.25. The number of nitrogen functional groups attached to an aromatic ring is 1. The number of rotatable bonds is 6. The Morgan fingerprint density at radius 1 is 1.56 bits per heavy atom. The highest BCUT2D eigenvalue weighted by molar-refractivity contribution is 5.96. The molecule has 0 amide bonds. The molecule has 5 heteroatoms. The van der Waals surface area contributed by atoms with E-state index in [1.54, 1.807) is 13.2 Å². The minimum absolute atomic E-state index is 0.114. The van der Waals surface area contributed by atoms with Crippen molar-refractivity contribution in [3.63, 3.8) is 0 Å². The summed E-state index contributed by atoms with van der Waals surface area (Å²) in [7, 11) is 3.61. The third kappa shape index (κ3) is 3.78. The van der Waals surface area contributed by atoms with Crippen molar-refractivity contribution >= 4 is 5.84 Å². The molecular formula is C13H20FN3O. The van der Waals surface area contributed by atoms with Gasteiger partial charge in [0.05, 0.1) is 6.61 Å². The smallest absolute Gasteiger partial charge is 0.123 e. The maximum atomic E-state index is 13.1. The van der Waals surface area contributed by atoms with Crippen LogP contribution in [-0.2, 0) is 11.3 Å². The van der Waals surface area contributed by atoms with Gasteiger partial charge in [0.25, 0.3) is 0 Å². The van der Waals surface area contributed by atoms with Crippen LogP contribution in [0.4, 0.5) is 4.39 Å². The van der Waals surface area contributed by atoms with Gasteiger partial charge >= 0.3 is 0 Å². The van der Waals surface area contributed by atoms with Crippen LogP contribution in [0, 0.1) is 11.2 Å². The Balaban J connectivity index is 2.87. The predicted octanol–water partition coefficient (Wildman–Crippen LogP) is 1.58. The van der Waals surface area contributed by atoms with Gasteiger partial charge in [-0.25, -0.2) is 4.39 Å². The summed E-state index contributed by atoms with van der Waals surface area (Å²) in [6.07, 6.45) is 0. The van der Waals surface area contributed by atoms with E-state index in [-0.39, 0.29) is 17.7 Å². The van der Waals surface area contributed by atoms with Gasteiger partial charge in [0, 0.05) is 25.3 Å². The summed E-state index contributed by atoms with van der Waals surface area (Å²) < 4.78 is 18.2. The van der Waals surface area contributed by atoms with E-state index >= 15 is 0 Å². The quantitative estimate of drug-likeness (QED) is 0.597. The van der Waals surface area contributed by atoms with Crippen LogP contribution in [0.5, 0.6) is 0 Å². The number of methoxy groups -OCH3 is 1. The Labute approximate surface area is 107 Å². The Hall–Kier alpha value is -1.46. The van der Waals surface area contributed by atoms with Gasteiger partial charge in [0.15, 0.2) is 0 Å². The lowest BCUT2D eigenvalue weighted by Crippen LogP contribution is -2.33. The highest BCUT2D eigenvalue weighted by Gasteiger charge is 2.13. The summed E-state index contributed by atoms with van der Waals surface area (Å²) in [5.74, 6) is -0.492. The van der Waals surface area contributed by atoms with Gasteiger partial charge < -0.3 is 10.5 Å². The Morgan fingerprint density at radius 3 is 2.78 bits per heavy atom. The number of nitrogens with zero attached hydrogens (tertiary/aromatic N) is 1.